The first kappa shape index (κ1) is 21.6. The van der Waals surface area contributed by atoms with E-state index in [9.17, 15) is 25.2 Å². The molecular formula is C23H30O5. The number of ketones is 1. The van der Waals surface area contributed by atoms with Crippen molar-refractivity contribution in [3.63, 3.8) is 0 Å². The molecule has 0 aliphatic heterocycles. The first-order valence-corrected chi connectivity index (χ1v) is 9.60. The Morgan fingerprint density at radius 3 is 1.14 bits per heavy atom. The molecular weight excluding hydrogens is 356 g/mol. The molecule has 2 aromatic carbocycles. The second kappa shape index (κ2) is 8.13. The maximum atomic E-state index is 13.1. The number of hydrogen-bond donors (Lipinski definition) is 4. The lowest BCUT2D eigenvalue weighted by molar-refractivity contribution is -0.121. The molecule has 2 atom stereocenters. The van der Waals surface area contributed by atoms with Crippen molar-refractivity contribution < 1.29 is 25.2 Å². The summed E-state index contributed by atoms with van der Waals surface area (Å²) in [5.74, 6) is -1.63. The van der Waals surface area contributed by atoms with E-state index in [-0.39, 0.29) is 40.6 Å². The minimum absolute atomic E-state index is 0.00158. The van der Waals surface area contributed by atoms with E-state index in [1.165, 1.54) is 12.1 Å². The van der Waals surface area contributed by atoms with Crippen LogP contribution in [0.15, 0.2) is 24.3 Å². The Bertz CT molecular complexity index is 812. The predicted octanol–water partition coefficient (Wildman–Crippen LogP) is 5.23. The van der Waals surface area contributed by atoms with Crippen molar-refractivity contribution in [1.82, 2.24) is 0 Å². The van der Waals surface area contributed by atoms with E-state index in [0.717, 1.165) is 0 Å². The summed E-state index contributed by atoms with van der Waals surface area (Å²) in [6.45, 7) is 11.1. The molecule has 0 amide bonds. The molecule has 0 aliphatic rings. The van der Waals surface area contributed by atoms with Gasteiger partial charge in [0.25, 0.3) is 0 Å². The Morgan fingerprint density at radius 1 is 0.571 bits per heavy atom. The number of Topliss-reactive ketones (excluding diaryl/α,β-unsaturated/α-hetero) is 1. The maximum Gasteiger partial charge on any atom is 0.147 e. The first-order valence-electron chi connectivity index (χ1n) is 9.60. The van der Waals surface area contributed by atoms with Gasteiger partial charge < -0.3 is 20.4 Å². The van der Waals surface area contributed by atoms with E-state index in [4.69, 9.17) is 0 Å². The van der Waals surface area contributed by atoms with Crippen LogP contribution in [0, 0.1) is 0 Å². The number of hydrogen-bond acceptors (Lipinski definition) is 5. The number of benzene rings is 2. The van der Waals surface area contributed by atoms with Gasteiger partial charge in [0.2, 0.25) is 0 Å². The molecule has 2 rings (SSSR count). The topological polar surface area (TPSA) is 98.0 Å². The van der Waals surface area contributed by atoms with Crippen LogP contribution in [0.5, 0.6) is 23.0 Å². The lowest BCUT2D eigenvalue weighted by atomic mass is 9.82. The van der Waals surface area contributed by atoms with Gasteiger partial charge in [-0.3, -0.25) is 4.79 Å². The molecule has 0 aliphatic carbocycles. The standard InChI is InChI=1S/C23H30O5/c1-11(2)15-7-17(21(26)9-19(15)24)13(5)23(28)14(6)18-8-16(12(3)4)20(25)10-22(18)27/h7-14,24-27H,1-6H3. The summed E-state index contributed by atoms with van der Waals surface area (Å²) >= 11 is 0. The lowest BCUT2D eigenvalue weighted by Crippen LogP contribution is -2.17. The van der Waals surface area contributed by atoms with Gasteiger partial charge in [0.15, 0.2) is 0 Å². The molecule has 152 valence electrons. The van der Waals surface area contributed by atoms with Crippen molar-refractivity contribution >= 4 is 5.78 Å². The van der Waals surface area contributed by atoms with Crippen LogP contribution < -0.4 is 0 Å². The third kappa shape index (κ3) is 4.08. The SMILES string of the molecule is CC(C)c1cc(C(C)C(=O)C(C)c2cc(C(C)C)c(O)cc2O)c(O)cc1O. The zero-order chi connectivity index (χ0) is 21.3. The minimum Gasteiger partial charge on any atom is -0.508 e. The molecule has 0 bridgehead atoms. The molecule has 0 radical (unpaired) electrons. The van der Waals surface area contributed by atoms with Crippen molar-refractivity contribution in [2.45, 2.75) is 65.2 Å². The average molecular weight is 386 g/mol. The quantitative estimate of drug-likeness (QED) is 0.545. The fraction of sp³-hybridized carbons (Fsp3) is 0.435. The number of phenolic OH excluding ortho intramolecular Hbond substituents is 4. The Labute approximate surface area is 166 Å². The van der Waals surface area contributed by atoms with E-state index in [1.807, 2.05) is 27.7 Å². The molecule has 2 unspecified atom stereocenters. The summed E-state index contributed by atoms with van der Waals surface area (Å²) in [4.78, 5) is 13.1. The Hall–Kier alpha value is -2.69. The van der Waals surface area contributed by atoms with E-state index in [2.05, 4.69) is 0 Å². The first-order chi connectivity index (χ1) is 13.0. The number of carbonyl (C=O) groups excluding carboxylic acids is 1. The zero-order valence-electron chi connectivity index (χ0n) is 17.3. The van der Waals surface area contributed by atoms with Crippen LogP contribution in [0.4, 0.5) is 0 Å². The molecule has 0 saturated heterocycles. The largest absolute Gasteiger partial charge is 0.508 e. The average Bonchev–Trinajstić information content (AvgIpc) is 2.59. The van der Waals surface area contributed by atoms with Crippen molar-refractivity contribution in [1.29, 1.82) is 0 Å². The van der Waals surface area contributed by atoms with Crippen molar-refractivity contribution in [2.24, 2.45) is 0 Å². The summed E-state index contributed by atoms with van der Waals surface area (Å²) in [5, 5.41) is 40.6. The summed E-state index contributed by atoms with van der Waals surface area (Å²) < 4.78 is 0. The molecule has 28 heavy (non-hydrogen) atoms. The summed E-state index contributed by atoms with van der Waals surface area (Å²) in [7, 11) is 0. The Balaban J connectivity index is 2.44. The van der Waals surface area contributed by atoms with Crippen LogP contribution in [0.3, 0.4) is 0 Å². The molecule has 0 spiro atoms. The summed E-state index contributed by atoms with van der Waals surface area (Å²) in [6.07, 6.45) is 0. The second-order valence-electron chi connectivity index (χ2n) is 8.09. The van der Waals surface area contributed by atoms with Crippen LogP contribution in [0.2, 0.25) is 0 Å². The van der Waals surface area contributed by atoms with Gasteiger partial charge in [0.05, 0.1) is 0 Å². The maximum absolute atomic E-state index is 13.1. The van der Waals surface area contributed by atoms with Crippen LogP contribution in [-0.2, 0) is 4.79 Å². The second-order valence-corrected chi connectivity index (χ2v) is 8.09. The molecule has 0 aromatic heterocycles. The normalized spacial score (nSPS) is 13.7. The van der Waals surface area contributed by atoms with Crippen molar-refractivity contribution in [2.75, 3.05) is 0 Å². The van der Waals surface area contributed by atoms with Crippen LogP contribution in [0.25, 0.3) is 0 Å². The van der Waals surface area contributed by atoms with Gasteiger partial charge in [-0.1, -0.05) is 41.5 Å². The Morgan fingerprint density at radius 2 is 0.857 bits per heavy atom. The monoisotopic (exact) mass is 386 g/mol. The molecule has 2 aromatic rings. The molecule has 5 heteroatoms. The molecule has 0 fully saturated rings. The van der Waals surface area contributed by atoms with Crippen LogP contribution in [-0.4, -0.2) is 26.2 Å². The third-order valence-electron chi connectivity index (χ3n) is 5.38. The van der Waals surface area contributed by atoms with Gasteiger partial charge in [-0.15, -0.1) is 0 Å². The number of phenols is 4. The highest BCUT2D eigenvalue weighted by atomic mass is 16.3. The fourth-order valence-corrected chi connectivity index (χ4v) is 3.52. The van der Waals surface area contributed by atoms with Gasteiger partial charge in [0, 0.05) is 35.1 Å². The molecule has 4 N–H and O–H groups in total. The van der Waals surface area contributed by atoms with Gasteiger partial charge >= 0.3 is 0 Å². The van der Waals surface area contributed by atoms with E-state index < -0.39 is 11.8 Å². The minimum atomic E-state index is -0.635. The highest BCUT2D eigenvalue weighted by Crippen LogP contribution is 2.40. The number of carbonyl (C=O) groups is 1. The lowest BCUT2D eigenvalue weighted by Gasteiger charge is -2.21. The number of rotatable bonds is 6. The van der Waals surface area contributed by atoms with Gasteiger partial charge in [0.1, 0.15) is 28.8 Å². The van der Waals surface area contributed by atoms with Crippen LogP contribution >= 0.6 is 0 Å². The predicted molar refractivity (Wildman–Crippen MR) is 110 cm³/mol. The van der Waals surface area contributed by atoms with E-state index >= 15 is 0 Å². The van der Waals surface area contributed by atoms with Gasteiger partial charge in [-0.2, -0.15) is 0 Å². The fourth-order valence-electron chi connectivity index (χ4n) is 3.52. The summed E-state index contributed by atoms with van der Waals surface area (Å²) in [5.41, 5.74) is 2.21. The molecule has 0 heterocycles. The van der Waals surface area contributed by atoms with Gasteiger partial charge in [-0.25, -0.2) is 0 Å². The van der Waals surface area contributed by atoms with Crippen molar-refractivity contribution in [3.05, 3.63) is 46.5 Å². The highest BCUT2D eigenvalue weighted by Gasteiger charge is 2.28. The third-order valence-corrected chi connectivity index (χ3v) is 5.38. The Kier molecular flexibility index (Phi) is 6.27. The van der Waals surface area contributed by atoms with Crippen LogP contribution in [0.1, 0.15) is 87.5 Å². The molecule has 5 nitrogen and oxygen atoms in total. The zero-order valence-corrected chi connectivity index (χ0v) is 17.3. The van der Waals surface area contributed by atoms with E-state index in [1.54, 1.807) is 26.0 Å². The van der Waals surface area contributed by atoms with E-state index in [0.29, 0.717) is 22.3 Å². The smallest absolute Gasteiger partial charge is 0.147 e. The highest BCUT2D eigenvalue weighted by molar-refractivity contribution is 5.92. The summed E-state index contributed by atoms with van der Waals surface area (Å²) in [6, 6.07) is 5.88. The van der Waals surface area contributed by atoms with Crippen molar-refractivity contribution in [3.8, 4) is 23.0 Å². The number of aromatic hydroxyl groups is 4. The molecule has 0 saturated carbocycles. The van der Waals surface area contributed by atoms with Gasteiger partial charge in [-0.05, 0) is 35.1 Å².